The van der Waals surface area contributed by atoms with Gasteiger partial charge in [0.1, 0.15) is 5.69 Å². The third-order valence-corrected chi connectivity index (χ3v) is 2.88. The minimum Gasteiger partial charge on any atom is -0.375 e. The van der Waals surface area contributed by atoms with E-state index in [0.29, 0.717) is 23.1 Å². The molecular weight excluding hydrogens is 222 g/mol. The summed E-state index contributed by atoms with van der Waals surface area (Å²) in [4.78, 5) is 15.1. The second-order valence-corrected chi connectivity index (χ2v) is 5.05. The van der Waals surface area contributed by atoms with E-state index in [-0.39, 0.29) is 5.91 Å². The molecule has 1 atom stereocenters. The average Bonchev–Trinajstić information content (AvgIpc) is 2.51. The van der Waals surface area contributed by atoms with Gasteiger partial charge in [-0.25, -0.2) is 4.98 Å². The van der Waals surface area contributed by atoms with E-state index in [1.165, 1.54) is 11.3 Å². The molecule has 1 aromatic heterocycles. The van der Waals surface area contributed by atoms with Crippen LogP contribution in [0, 0.1) is 0 Å². The standard InChI is InChI=1S/C7H11N3O2S2/c1-14(12)3-2-9-6(11)5-4-13-7(8)10-5/h4H,2-3H2,1H3,(H2,8,10)(H,9,11). The van der Waals surface area contributed by atoms with Crippen molar-refractivity contribution < 1.29 is 9.00 Å². The summed E-state index contributed by atoms with van der Waals surface area (Å²) >= 11 is 1.22. The van der Waals surface area contributed by atoms with Crippen LogP contribution in [0.15, 0.2) is 5.38 Å². The van der Waals surface area contributed by atoms with Crippen molar-refractivity contribution in [2.75, 3.05) is 24.3 Å². The van der Waals surface area contributed by atoms with Gasteiger partial charge in [0.15, 0.2) is 5.13 Å². The molecule has 1 amide bonds. The van der Waals surface area contributed by atoms with Crippen molar-refractivity contribution in [3.8, 4) is 0 Å². The summed E-state index contributed by atoms with van der Waals surface area (Å²) in [5.74, 6) is 0.175. The Balaban J connectivity index is 2.39. The summed E-state index contributed by atoms with van der Waals surface area (Å²) in [7, 11) is -0.890. The highest BCUT2D eigenvalue weighted by molar-refractivity contribution is 7.84. The highest BCUT2D eigenvalue weighted by Gasteiger charge is 2.08. The third-order valence-electron chi connectivity index (χ3n) is 1.43. The predicted molar refractivity (Wildman–Crippen MR) is 57.8 cm³/mol. The number of carbonyl (C=O) groups excluding carboxylic acids is 1. The second-order valence-electron chi connectivity index (χ2n) is 2.60. The van der Waals surface area contributed by atoms with Crippen LogP contribution in [-0.4, -0.2) is 33.7 Å². The van der Waals surface area contributed by atoms with Crippen molar-refractivity contribution in [2.45, 2.75) is 0 Å². The lowest BCUT2D eigenvalue weighted by Crippen LogP contribution is -2.27. The van der Waals surface area contributed by atoms with Gasteiger partial charge in [-0.05, 0) is 0 Å². The summed E-state index contributed by atoms with van der Waals surface area (Å²) < 4.78 is 10.7. The Morgan fingerprint density at radius 2 is 2.50 bits per heavy atom. The van der Waals surface area contributed by atoms with Gasteiger partial charge in [-0.15, -0.1) is 11.3 Å². The number of nitrogens with zero attached hydrogens (tertiary/aromatic N) is 1. The van der Waals surface area contributed by atoms with E-state index in [9.17, 15) is 9.00 Å². The Morgan fingerprint density at radius 1 is 1.79 bits per heavy atom. The molecule has 0 radical (unpaired) electrons. The van der Waals surface area contributed by atoms with Crippen LogP contribution < -0.4 is 11.1 Å². The molecule has 1 unspecified atom stereocenters. The van der Waals surface area contributed by atoms with Crippen molar-refractivity contribution in [3.05, 3.63) is 11.1 Å². The van der Waals surface area contributed by atoms with Crippen molar-refractivity contribution in [2.24, 2.45) is 0 Å². The van der Waals surface area contributed by atoms with Gasteiger partial charge < -0.3 is 11.1 Å². The number of nitrogen functional groups attached to an aromatic ring is 1. The molecule has 0 aromatic carbocycles. The van der Waals surface area contributed by atoms with Crippen LogP contribution in [0.1, 0.15) is 10.5 Å². The summed E-state index contributed by atoms with van der Waals surface area (Å²) in [6.45, 7) is 0.388. The molecule has 1 rings (SSSR count). The van der Waals surface area contributed by atoms with E-state index >= 15 is 0 Å². The fourth-order valence-electron chi connectivity index (χ4n) is 0.791. The normalized spacial score (nSPS) is 12.4. The largest absolute Gasteiger partial charge is 0.375 e. The van der Waals surface area contributed by atoms with Crippen LogP contribution >= 0.6 is 11.3 Å². The van der Waals surface area contributed by atoms with Crippen LogP contribution in [0.4, 0.5) is 5.13 Å². The van der Waals surface area contributed by atoms with Crippen LogP contribution in [0.2, 0.25) is 0 Å². The Kier molecular flexibility index (Phi) is 4.02. The molecule has 1 heterocycles. The van der Waals surface area contributed by atoms with Gasteiger partial charge in [0.2, 0.25) is 0 Å². The lowest BCUT2D eigenvalue weighted by atomic mass is 10.4. The quantitative estimate of drug-likeness (QED) is 0.756. The number of aromatic nitrogens is 1. The minimum absolute atomic E-state index is 0.275. The number of hydrogen-bond acceptors (Lipinski definition) is 5. The zero-order valence-corrected chi connectivity index (χ0v) is 9.28. The van der Waals surface area contributed by atoms with E-state index in [1.54, 1.807) is 11.6 Å². The molecule has 0 aliphatic heterocycles. The SMILES string of the molecule is CS(=O)CCNC(=O)c1csc(N)n1. The molecule has 78 valence electrons. The van der Waals surface area contributed by atoms with Crippen molar-refractivity contribution in [3.63, 3.8) is 0 Å². The van der Waals surface area contributed by atoms with Gasteiger partial charge in [0, 0.05) is 34.7 Å². The highest BCUT2D eigenvalue weighted by Crippen LogP contribution is 2.10. The molecule has 0 spiro atoms. The smallest absolute Gasteiger partial charge is 0.270 e. The monoisotopic (exact) mass is 233 g/mol. The molecule has 0 fully saturated rings. The number of hydrogen-bond donors (Lipinski definition) is 2. The van der Waals surface area contributed by atoms with Gasteiger partial charge in [-0.1, -0.05) is 0 Å². The summed E-state index contributed by atoms with van der Waals surface area (Å²) in [5.41, 5.74) is 5.69. The molecule has 0 aliphatic rings. The Hall–Kier alpha value is -0.950. The van der Waals surface area contributed by atoms with Crippen molar-refractivity contribution in [1.29, 1.82) is 0 Å². The molecule has 3 N–H and O–H groups in total. The molecule has 0 bridgehead atoms. The molecule has 14 heavy (non-hydrogen) atoms. The van der Waals surface area contributed by atoms with Gasteiger partial charge in [0.25, 0.3) is 5.91 Å². The predicted octanol–water partition coefficient (Wildman–Crippen LogP) is -0.166. The molecule has 5 nitrogen and oxygen atoms in total. The Labute approximate surface area is 88.2 Å². The molecule has 7 heteroatoms. The maximum absolute atomic E-state index is 11.3. The van der Waals surface area contributed by atoms with E-state index in [4.69, 9.17) is 5.73 Å². The van der Waals surface area contributed by atoms with E-state index in [1.807, 2.05) is 0 Å². The van der Waals surface area contributed by atoms with Crippen LogP contribution in [0.5, 0.6) is 0 Å². The fourth-order valence-corrected chi connectivity index (χ4v) is 1.72. The van der Waals surface area contributed by atoms with Crippen LogP contribution in [-0.2, 0) is 10.8 Å². The lowest BCUT2D eigenvalue weighted by Gasteiger charge is -2.00. The first-order valence-corrected chi connectivity index (χ1v) is 6.49. The maximum atomic E-state index is 11.3. The number of thiazole rings is 1. The zero-order chi connectivity index (χ0) is 10.6. The Bertz CT molecular complexity index is 350. The van der Waals surface area contributed by atoms with E-state index in [2.05, 4.69) is 10.3 Å². The molecule has 0 saturated carbocycles. The van der Waals surface area contributed by atoms with E-state index < -0.39 is 10.8 Å². The van der Waals surface area contributed by atoms with Gasteiger partial charge >= 0.3 is 0 Å². The van der Waals surface area contributed by atoms with Gasteiger partial charge in [0.05, 0.1) is 0 Å². The summed E-state index contributed by atoms with van der Waals surface area (Å²) in [6, 6.07) is 0. The molecule has 1 aromatic rings. The summed E-state index contributed by atoms with van der Waals surface area (Å²) in [6.07, 6.45) is 1.59. The third kappa shape index (κ3) is 3.43. The molecular formula is C7H11N3O2S2. The first-order valence-electron chi connectivity index (χ1n) is 3.89. The van der Waals surface area contributed by atoms with Crippen LogP contribution in [0.25, 0.3) is 0 Å². The fraction of sp³-hybridized carbons (Fsp3) is 0.429. The maximum Gasteiger partial charge on any atom is 0.270 e. The minimum atomic E-state index is -0.890. The molecule has 0 aliphatic carbocycles. The number of anilines is 1. The van der Waals surface area contributed by atoms with Crippen LogP contribution in [0.3, 0.4) is 0 Å². The van der Waals surface area contributed by atoms with Gasteiger partial charge in [-0.2, -0.15) is 0 Å². The number of carbonyl (C=O) groups is 1. The zero-order valence-electron chi connectivity index (χ0n) is 7.65. The average molecular weight is 233 g/mol. The first-order chi connectivity index (χ1) is 6.59. The second kappa shape index (κ2) is 5.06. The first kappa shape index (κ1) is 11.1. The van der Waals surface area contributed by atoms with Crippen molar-refractivity contribution in [1.82, 2.24) is 10.3 Å². The number of rotatable bonds is 4. The number of amides is 1. The summed E-state index contributed by atoms with van der Waals surface area (Å²) in [5, 5.41) is 4.56. The van der Waals surface area contributed by atoms with Crippen molar-refractivity contribution >= 4 is 33.2 Å². The molecule has 0 saturated heterocycles. The topological polar surface area (TPSA) is 85.1 Å². The highest BCUT2D eigenvalue weighted by atomic mass is 32.2. The Morgan fingerprint density at radius 3 is 3.00 bits per heavy atom. The van der Waals surface area contributed by atoms with E-state index in [0.717, 1.165) is 0 Å². The lowest BCUT2D eigenvalue weighted by molar-refractivity contribution is 0.0952. The number of nitrogens with two attached hydrogens (primary N) is 1. The number of nitrogens with one attached hydrogen (secondary N) is 1. The van der Waals surface area contributed by atoms with Gasteiger partial charge in [-0.3, -0.25) is 9.00 Å².